The number of rotatable bonds is 5. The number of benzene rings is 9. The average molecular weight is 766 g/mol. The second-order valence-electron chi connectivity index (χ2n) is 14.5. The molecule has 3 aromatic heterocycles. The van der Waals surface area contributed by atoms with E-state index in [1.807, 2.05) is 34.0 Å². The Morgan fingerprint density at radius 2 is 0.750 bits per heavy atom. The van der Waals surface area contributed by atoms with E-state index in [-0.39, 0.29) is 0 Å². The van der Waals surface area contributed by atoms with Crippen LogP contribution in [0.5, 0.6) is 0 Å². The number of hydrogen-bond acceptors (Lipinski definition) is 4. The second-order valence-corrected chi connectivity index (χ2v) is 17.7. The molecule has 0 bridgehead atoms. The third-order valence-corrected chi connectivity index (χ3v) is 14.9. The van der Waals surface area contributed by atoms with Gasteiger partial charge in [-0.1, -0.05) is 127 Å². The van der Waals surface area contributed by atoms with Crippen LogP contribution in [0.3, 0.4) is 0 Å². The van der Waals surface area contributed by atoms with Crippen LogP contribution in [0.1, 0.15) is 0 Å². The van der Waals surface area contributed by atoms with Crippen molar-refractivity contribution < 1.29 is 0 Å². The molecule has 0 fully saturated rings. The third kappa shape index (κ3) is 5.11. The zero-order valence-corrected chi connectivity index (χ0v) is 32.5. The highest BCUT2D eigenvalue weighted by atomic mass is 32.1. The second kappa shape index (κ2) is 12.6. The van der Waals surface area contributed by atoms with Gasteiger partial charge in [0.1, 0.15) is 0 Å². The van der Waals surface area contributed by atoms with Crippen molar-refractivity contribution in [1.29, 1.82) is 0 Å². The van der Waals surface area contributed by atoms with Gasteiger partial charge in [0.15, 0.2) is 0 Å². The van der Waals surface area contributed by atoms with E-state index in [1.165, 1.54) is 93.5 Å². The Bertz CT molecular complexity index is 3290. The molecule has 0 amide bonds. The molecule has 1 nitrogen and oxygen atoms in total. The van der Waals surface area contributed by atoms with Crippen LogP contribution in [0.25, 0.3) is 93.5 Å². The summed E-state index contributed by atoms with van der Waals surface area (Å²) in [6, 6.07) is 69.7. The molecule has 12 rings (SSSR count). The standard InChI is InChI=1S/C52H31NS3/c1-4-10-47-37(7-1)31-50(54-47)34-15-13-32(14-16-34)33-17-21-38(22-18-33)53(39-23-27-41-35(29-39)19-25-45-43-8-2-5-11-48(43)55-51(41)45)40-24-28-42-36(30-40)20-26-46-44-9-3-6-12-49(44)56-52(42)46/h1-31H. The van der Waals surface area contributed by atoms with Gasteiger partial charge in [-0.25, -0.2) is 0 Å². The van der Waals surface area contributed by atoms with Crippen molar-refractivity contribution >= 4 is 123 Å². The van der Waals surface area contributed by atoms with E-state index in [1.54, 1.807) is 0 Å². The highest BCUT2D eigenvalue weighted by Crippen LogP contribution is 2.44. The smallest absolute Gasteiger partial charge is 0.0468 e. The first kappa shape index (κ1) is 32.0. The van der Waals surface area contributed by atoms with Gasteiger partial charge in [-0.2, -0.15) is 0 Å². The van der Waals surface area contributed by atoms with Crippen LogP contribution < -0.4 is 4.90 Å². The Morgan fingerprint density at radius 3 is 1.32 bits per heavy atom. The van der Waals surface area contributed by atoms with E-state index < -0.39 is 0 Å². The Kier molecular flexibility index (Phi) is 7.21. The maximum absolute atomic E-state index is 2.41. The summed E-state index contributed by atoms with van der Waals surface area (Å²) in [5.74, 6) is 0. The summed E-state index contributed by atoms with van der Waals surface area (Å²) in [7, 11) is 0. The van der Waals surface area contributed by atoms with E-state index in [4.69, 9.17) is 0 Å². The first-order valence-corrected chi connectivity index (χ1v) is 21.3. The molecule has 0 N–H and O–H groups in total. The fourth-order valence-electron chi connectivity index (χ4n) is 8.48. The Morgan fingerprint density at radius 1 is 0.286 bits per heavy atom. The van der Waals surface area contributed by atoms with Gasteiger partial charge in [-0.05, 0) is 104 Å². The molecule has 0 saturated carbocycles. The fraction of sp³-hybridized carbons (Fsp3) is 0. The molecule has 0 aliphatic carbocycles. The van der Waals surface area contributed by atoms with Gasteiger partial charge in [0, 0.05) is 67.0 Å². The fourth-order valence-corrected chi connectivity index (χ4v) is 12.0. The number of nitrogens with zero attached hydrogens (tertiary/aromatic N) is 1. The highest BCUT2D eigenvalue weighted by molar-refractivity contribution is 7.27. The predicted molar refractivity (Wildman–Crippen MR) is 248 cm³/mol. The van der Waals surface area contributed by atoms with Crippen molar-refractivity contribution in [3.05, 3.63) is 188 Å². The van der Waals surface area contributed by atoms with Crippen LogP contribution >= 0.6 is 34.0 Å². The highest BCUT2D eigenvalue weighted by Gasteiger charge is 2.17. The molecule has 262 valence electrons. The van der Waals surface area contributed by atoms with Gasteiger partial charge in [-0.15, -0.1) is 34.0 Å². The van der Waals surface area contributed by atoms with Crippen LogP contribution in [0.4, 0.5) is 17.1 Å². The van der Waals surface area contributed by atoms with E-state index >= 15 is 0 Å². The lowest BCUT2D eigenvalue weighted by Crippen LogP contribution is -2.09. The first-order valence-electron chi connectivity index (χ1n) is 18.9. The van der Waals surface area contributed by atoms with Gasteiger partial charge in [0.25, 0.3) is 0 Å². The van der Waals surface area contributed by atoms with Crippen molar-refractivity contribution in [2.24, 2.45) is 0 Å². The van der Waals surface area contributed by atoms with Gasteiger partial charge >= 0.3 is 0 Å². The van der Waals surface area contributed by atoms with Crippen molar-refractivity contribution in [3.63, 3.8) is 0 Å². The predicted octanol–water partition coefficient (Wildman–Crippen LogP) is 16.7. The molecule has 0 radical (unpaired) electrons. The molecule has 0 saturated heterocycles. The van der Waals surface area contributed by atoms with Crippen LogP contribution in [0.15, 0.2) is 188 Å². The summed E-state index contributed by atoms with van der Waals surface area (Å²) >= 11 is 5.63. The molecule has 4 heteroatoms. The normalized spacial score (nSPS) is 11.9. The SMILES string of the molecule is c1ccc2sc(-c3ccc(-c4ccc(N(c5ccc6c(ccc7c8ccccc8sc67)c5)c5ccc6c(ccc7c8ccccc8sc67)c5)cc4)cc3)cc2c1. The van der Waals surface area contributed by atoms with Crippen LogP contribution in [-0.2, 0) is 0 Å². The Balaban J connectivity index is 0.964. The summed E-state index contributed by atoms with van der Waals surface area (Å²) in [5, 5.41) is 11.7. The summed E-state index contributed by atoms with van der Waals surface area (Å²) in [5.41, 5.74) is 7.07. The average Bonchev–Trinajstić information content (AvgIpc) is 3.98. The maximum atomic E-state index is 2.41. The molecular weight excluding hydrogens is 735 g/mol. The summed E-state index contributed by atoms with van der Waals surface area (Å²) in [6.07, 6.45) is 0. The minimum absolute atomic E-state index is 1.13. The Hall–Kier alpha value is -6.30. The quantitative estimate of drug-likeness (QED) is 0.169. The molecular formula is C52H31NS3. The summed E-state index contributed by atoms with van der Waals surface area (Å²) in [6.45, 7) is 0. The van der Waals surface area contributed by atoms with Crippen molar-refractivity contribution in [2.45, 2.75) is 0 Å². The summed E-state index contributed by atoms with van der Waals surface area (Å²) < 4.78 is 6.69. The zero-order valence-electron chi connectivity index (χ0n) is 30.1. The lowest BCUT2D eigenvalue weighted by Gasteiger charge is -2.26. The van der Waals surface area contributed by atoms with E-state index in [9.17, 15) is 0 Å². The molecule has 0 unspecified atom stereocenters. The van der Waals surface area contributed by atoms with Crippen molar-refractivity contribution in [3.8, 4) is 21.6 Å². The van der Waals surface area contributed by atoms with E-state index in [0.717, 1.165) is 17.1 Å². The number of anilines is 3. The van der Waals surface area contributed by atoms with E-state index in [0.29, 0.717) is 0 Å². The van der Waals surface area contributed by atoms with Gasteiger partial charge < -0.3 is 4.90 Å². The maximum Gasteiger partial charge on any atom is 0.0468 e. The molecule has 0 atom stereocenters. The van der Waals surface area contributed by atoms with Gasteiger partial charge in [0.05, 0.1) is 0 Å². The largest absolute Gasteiger partial charge is 0.310 e. The molecule has 56 heavy (non-hydrogen) atoms. The van der Waals surface area contributed by atoms with Crippen molar-refractivity contribution in [1.82, 2.24) is 0 Å². The molecule has 3 heterocycles. The molecule has 12 aromatic rings. The molecule has 0 aliphatic rings. The van der Waals surface area contributed by atoms with Crippen LogP contribution in [0.2, 0.25) is 0 Å². The molecule has 0 spiro atoms. The van der Waals surface area contributed by atoms with Crippen LogP contribution in [0, 0.1) is 0 Å². The minimum Gasteiger partial charge on any atom is -0.310 e. The lowest BCUT2D eigenvalue weighted by molar-refractivity contribution is 1.29. The Labute approximate surface area is 335 Å². The van der Waals surface area contributed by atoms with Gasteiger partial charge in [-0.3, -0.25) is 0 Å². The molecule has 9 aromatic carbocycles. The number of thiophene rings is 3. The van der Waals surface area contributed by atoms with Crippen molar-refractivity contribution in [2.75, 3.05) is 4.90 Å². The molecule has 0 aliphatic heterocycles. The van der Waals surface area contributed by atoms with Gasteiger partial charge in [0.2, 0.25) is 0 Å². The van der Waals surface area contributed by atoms with Crippen LogP contribution in [-0.4, -0.2) is 0 Å². The number of fused-ring (bicyclic) bond motifs is 11. The first-order chi connectivity index (χ1) is 27.7. The minimum atomic E-state index is 1.13. The lowest BCUT2D eigenvalue weighted by atomic mass is 10.0. The zero-order chi connectivity index (χ0) is 36.7. The topological polar surface area (TPSA) is 3.24 Å². The van der Waals surface area contributed by atoms with E-state index in [2.05, 4.69) is 193 Å². The number of hydrogen-bond donors (Lipinski definition) is 0. The monoisotopic (exact) mass is 765 g/mol. The third-order valence-electron chi connectivity index (χ3n) is 11.3. The summed E-state index contributed by atoms with van der Waals surface area (Å²) in [4.78, 5) is 3.72.